The van der Waals surface area contributed by atoms with Crippen LogP contribution in [0.4, 0.5) is 0 Å². The molecule has 4 aliphatic rings. The predicted octanol–water partition coefficient (Wildman–Crippen LogP) is 4.95. The van der Waals surface area contributed by atoms with Crippen LogP contribution in [0, 0.1) is 34.5 Å². The van der Waals surface area contributed by atoms with Gasteiger partial charge in [0.25, 0.3) is 0 Å². The monoisotopic (exact) mass is 288 g/mol. The van der Waals surface area contributed by atoms with E-state index in [4.69, 9.17) is 0 Å². The fourth-order valence-electron chi connectivity index (χ4n) is 7.13. The van der Waals surface area contributed by atoms with Gasteiger partial charge in [-0.05, 0) is 79.4 Å². The van der Waals surface area contributed by atoms with Gasteiger partial charge in [0.2, 0.25) is 0 Å². The smallest absolute Gasteiger partial charge is 0.0596 e. The van der Waals surface area contributed by atoms with Gasteiger partial charge in [-0.2, -0.15) is 0 Å². The molecule has 7 atom stereocenters. The standard InChI is InChI=1S/C20H32O/c1-13-12-14-6-4-5-10-19(14,2)16-9-11-20(3)15(18(13)16)7-8-17(20)21/h14-18,21H,1,4-12H2,2-3H3/t14?,15-,16+,17?,18-,19-,20-/m0/s1. The summed E-state index contributed by atoms with van der Waals surface area (Å²) in [5.74, 6) is 3.17. The van der Waals surface area contributed by atoms with Crippen molar-refractivity contribution in [2.75, 3.05) is 0 Å². The van der Waals surface area contributed by atoms with Crippen LogP contribution in [0.3, 0.4) is 0 Å². The zero-order valence-electron chi connectivity index (χ0n) is 13.9. The molecule has 0 aliphatic heterocycles. The lowest BCUT2D eigenvalue weighted by Gasteiger charge is -2.60. The second-order valence-electron chi connectivity index (χ2n) is 9.19. The van der Waals surface area contributed by atoms with Crippen LogP contribution >= 0.6 is 0 Å². The molecule has 0 spiro atoms. The van der Waals surface area contributed by atoms with Crippen LogP contribution in [0.5, 0.6) is 0 Å². The molecular formula is C20H32O. The van der Waals surface area contributed by atoms with Gasteiger partial charge in [0.05, 0.1) is 6.10 Å². The fourth-order valence-corrected chi connectivity index (χ4v) is 7.13. The molecule has 0 amide bonds. The molecule has 0 heterocycles. The van der Waals surface area contributed by atoms with E-state index in [2.05, 4.69) is 20.4 Å². The number of hydrogen-bond donors (Lipinski definition) is 1. The van der Waals surface area contributed by atoms with Crippen LogP contribution in [0.25, 0.3) is 0 Å². The van der Waals surface area contributed by atoms with E-state index in [0.717, 1.165) is 18.3 Å². The second kappa shape index (κ2) is 4.60. The Morgan fingerprint density at radius 3 is 2.52 bits per heavy atom. The van der Waals surface area contributed by atoms with Crippen molar-refractivity contribution in [1.29, 1.82) is 0 Å². The summed E-state index contributed by atoms with van der Waals surface area (Å²) in [6, 6.07) is 0. The maximum atomic E-state index is 10.5. The molecule has 4 aliphatic carbocycles. The van der Waals surface area contributed by atoms with E-state index in [1.54, 1.807) is 5.57 Å². The number of hydrogen-bond acceptors (Lipinski definition) is 1. The van der Waals surface area contributed by atoms with Crippen LogP contribution in [0.2, 0.25) is 0 Å². The minimum atomic E-state index is -0.0619. The summed E-state index contributed by atoms with van der Waals surface area (Å²) < 4.78 is 0. The van der Waals surface area contributed by atoms with Crippen molar-refractivity contribution in [2.45, 2.75) is 77.7 Å². The van der Waals surface area contributed by atoms with Gasteiger partial charge in [0.1, 0.15) is 0 Å². The number of aliphatic hydroxyl groups excluding tert-OH is 1. The Bertz CT molecular complexity index is 455. The first-order valence-electron chi connectivity index (χ1n) is 9.32. The highest BCUT2D eigenvalue weighted by Crippen LogP contribution is 2.67. The molecule has 4 saturated carbocycles. The van der Waals surface area contributed by atoms with Gasteiger partial charge in [-0.1, -0.05) is 38.8 Å². The third-order valence-electron chi connectivity index (χ3n) is 8.50. The van der Waals surface area contributed by atoms with Gasteiger partial charge in [0, 0.05) is 0 Å². The third kappa shape index (κ3) is 1.79. The number of aliphatic hydroxyl groups is 1. The Kier molecular flexibility index (Phi) is 3.13. The lowest BCUT2D eigenvalue weighted by atomic mass is 9.44. The van der Waals surface area contributed by atoms with Crippen molar-refractivity contribution < 1.29 is 5.11 Å². The Morgan fingerprint density at radius 1 is 0.952 bits per heavy atom. The minimum Gasteiger partial charge on any atom is -0.393 e. The summed E-state index contributed by atoms with van der Waals surface area (Å²) >= 11 is 0. The molecule has 4 fully saturated rings. The summed E-state index contributed by atoms with van der Waals surface area (Å²) in [5, 5.41) is 10.5. The molecule has 0 radical (unpaired) electrons. The number of fused-ring (bicyclic) bond motifs is 5. The van der Waals surface area contributed by atoms with Crippen LogP contribution in [-0.4, -0.2) is 11.2 Å². The van der Waals surface area contributed by atoms with E-state index in [0.29, 0.717) is 17.3 Å². The highest BCUT2D eigenvalue weighted by molar-refractivity contribution is 5.21. The maximum absolute atomic E-state index is 10.5. The summed E-state index contributed by atoms with van der Waals surface area (Å²) in [6.07, 6.45) is 11.8. The van der Waals surface area contributed by atoms with Gasteiger partial charge >= 0.3 is 0 Å². The average molecular weight is 288 g/mol. The van der Waals surface area contributed by atoms with E-state index in [9.17, 15) is 5.11 Å². The molecule has 0 saturated heterocycles. The second-order valence-corrected chi connectivity index (χ2v) is 9.19. The molecule has 0 bridgehead atoms. The fraction of sp³-hybridized carbons (Fsp3) is 0.900. The Balaban J connectivity index is 1.71. The lowest BCUT2D eigenvalue weighted by Crippen LogP contribution is -2.54. The van der Waals surface area contributed by atoms with E-state index in [1.807, 2.05) is 0 Å². The SMILES string of the molecule is C=C1CC2CCCC[C@]2(C)[C@@H]2CC[C@]3(C)C(O)CC[C@H]3[C@H]12. The Morgan fingerprint density at radius 2 is 1.71 bits per heavy atom. The average Bonchev–Trinajstić information content (AvgIpc) is 2.76. The molecule has 1 heteroatoms. The van der Waals surface area contributed by atoms with Crippen LogP contribution in [0.1, 0.15) is 71.6 Å². The first-order chi connectivity index (χ1) is 9.97. The molecule has 118 valence electrons. The lowest BCUT2D eigenvalue weighted by molar-refractivity contribution is -0.0978. The minimum absolute atomic E-state index is 0.0619. The molecule has 2 unspecified atom stereocenters. The molecule has 1 nitrogen and oxygen atoms in total. The molecule has 0 aromatic rings. The topological polar surface area (TPSA) is 20.2 Å². The van der Waals surface area contributed by atoms with Crippen molar-refractivity contribution in [1.82, 2.24) is 0 Å². The van der Waals surface area contributed by atoms with Crippen molar-refractivity contribution >= 4 is 0 Å². The molecular weight excluding hydrogens is 256 g/mol. The van der Waals surface area contributed by atoms with Crippen molar-refractivity contribution in [3.63, 3.8) is 0 Å². The molecule has 1 N–H and O–H groups in total. The number of rotatable bonds is 0. The van der Waals surface area contributed by atoms with E-state index in [-0.39, 0.29) is 11.5 Å². The Labute approximate surface area is 130 Å². The highest BCUT2D eigenvalue weighted by atomic mass is 16.3. The Hall–Kier alpha value is -0.300. The predicted molar refractivity (Wildman–Crippen MR) is 86.9 cm³/mol. The van der Waals surface area contributed by atoms with Gasteiger partial charge in [-0.25, -0.2) is 0 Å². The van der Waals surface area contributed by atoms with E-state index < -0.39 is 0 Å². The van der Waals surface area contributed by atoms with Gasteiger partial charge in [0.15, 0.2) is 0 Å². The molecule has 21 heavy (non-hydrogen) atoms. The summed E-state index contributed by atoms with van der Waals surface area (Å²) in [6.45, 7) is 9.53. The van der Waals surface area contributed by atoms with Crippen LogP contribution in [-0.2, 0) is 0 Å². The van der Waals surface area contributed by atoms with Crippen LogP contribution in [0.15, 0.2) is 12.2 Å². The zero-order chi connectivity index (χ0) is 14.8. The third-order valence-corrected chi connectivity index (χ3v) is 8.50. The molecule has 4 rings (SSSR count). The zero-order valence-corrected chi connectivity index (χ0v) is 13.9. The molecule has 0 aromatic carbocycles. The summed E-state index contributed by atoms with van der Waals surface area (Å²) in [7, 11) is 0. The van der Waals surface area contributed by atoms with Gasteiger partial charge < -0.3 is 5.11 Å². The van der Waals surface area contributed by atoms with Gasteiger partial charge in [-0.15, -0.1) is 0 Å². The normalized spacial score (nSPS) is 56.5. The first kappa shape index (κ1) is 14.3. The molecule has 0 aromatic heterocycles. The summed E-state index contributed by atoms with van der Waals surface area (Å²) in [4.78, 5) is 0. The van der Waals surface area contributed by atoms with Crippen LogP contribution < -0.4 is 0 Å². The number of allylic oxidation sites excluding steroid dienone is 1. The van der Waals surface area contributed by atoms with Gasteiger partial charge in [-0.3, -0.25) is 0 Å². The maximum Gasteiger partial charge on any atom is 0.0596 e. The summed E-state index contributed by atoms with van der Waals surface area (Å²) in [5.41, 5.74) is 2.30. The highest BCUT2D eigenvalue weighted by Gasteiger charge is 2.60. The van der Waals surface area contributed by atoms with E-state index >= 15 is 0 Å². The first-order valence-corrected chi connectivity index (χ1v) is 9.32. The quantitative estimate of drug-likeness (QED) is 0.626. The van der Waals surface area contributed by atoms with Crippen molar-refractivity contribution in [3.05, 3.63) is 12.2 Å². The van der Waals surface area contributed by atoms with Crippen molar-refractivity contribution in [3.8, 4) is 0 Å². The largest absolute Gasteiger partial charge is 0.393 e. The van der Waals surface area contributed by atoms with E-state index in [1.165, 1.54) is 51.4 Å². The van der Waals surface area contributed by atoms with Crippen molar-refractivity contribution in [2.24, 2.45) is 34.5 Å².